The van der Waals surface area contributed by atoms with Gasteiger partial charge >= 0.3 is 5.97 Å². The van der Waals surface area contributed by atoms with Gasteiger partial charge in [0.1, 0.15) is 11.8 Å². The topological polar surface area (TPSA) is 66.0 Å². The van der Waals surface area contributed by atoms with E-state index in [0.717, 1.165) is 16.7 Å². The Hall–Kier alpha value is -2.97. The van der Waals surface area contributed by atoms with Crippen LogP contribution in [0.25, 0.3) is 22.3 Å². The van der Waals surface area contributed by atoms with Gasteiger partial charge < -0.3 is 9.67 Å². The number of rotatable bonds is 4. The van der Waals surface area contributed by atoms with E-state index in [4.69, 9.17) is 0 Å². The summed E-state index contributed by atoms with van der Waals surface area (Å²) in [6.45, 7) is 4.32. The molecule has 0 atom stereocenters. The van der Waals surface area contributed by atoms with Gasteiger partial charge in [-0.2, -0.15) is 17.9 Å². The summed E-state index contributed by atoms with van der Waals surface area (Å²) in [6, 6.07) is 18.2. The van der Waals surface area contributed by atoms with Gasteiger partial charge in [0.05, 0.1) is 5.56 Å². The summed E-state index contributed by atoms with van der Waals surface area (Å²) in [6.07, 6.45) is 3.25. The Morgan fingerprint density at radius 2 is 1.68 bits per heavy atom. The molecular formula is C23H24N2O2S. The Morgan fingerprint density at radius 3 is 2.21 bits per heavy atom. The second-order valence-electron chi connectivity index (χ2n) is 6.65. The van der Waals surface area contributed by atoms with Crippen LogP contribution < -0.4 is 0 Å². The highest BCUT2D eigenvalue weighted by Crippen LogP contribution is 2.31. The number of carboxylic acid groups (broad SMARTS) is 1. The zero-order chi connectivity index (χ0) is 20.8. The number of carbonyl (C=O) groups is 1. The van der Waals surface area contributed by atoms with Crippen LogP contribution in [0.1, 0.15) is 41.4 Å². The lowest BCUT2D eigenvalue weighted by molar-refractivity contribution is 0.0687. The fourth-order valence-corrected chi connectivity index (χ4v) is 3.17. The van der Waals surface area contributed by atoms with Crippen LogP contribution in [-0.2, 0) is 7.05 Å². The van der Waals surface area contributed by atoms with Crippen molar-refractivity contribution in [2.24, 2.45) is 7.05 Å². The molecule has 0 aliphatic rings. The van der Waals surface area contributed by atoms with E-state index in [9.17, 15) is 15.2 Å². The van der Waals surface area contributed by atoms with Gasteiger partial charge in [-0.05, 0) is 34.4 Å². The van der Waals surface area contributed by atoms with Gasteiger partial charge in [-0.3, -0.25) is 0 Å². The van der Waals surface area contributed by atoms with E-state index in [-0.39, 0.29) is 5.69 Å². The molecule has 0 amide bonds. The highest BCUT2D eigenvalue weighted by Gasteiger charge is 2.21. The van der Waals surface area contributed by atoms with E-state index in [1.54, 1.807) is 19.5 Å². The largest absolute Gasteiger partial charge is 0.477 e. The summed E-state index contributed by atoms with van der Waals surface area (Å²) >= 11 is 3.53. The molecule has 1 heterocycles. The Balaban J connectivity index is 0.00000136. The van der Waals surface area contributed by atoms with Crippen molar-refractivity contribution in [1.29, 1.82) is 5.26 Å². The maximum absolute atomic E-state index is 11.6. The fraction of sp³-hybridized carbons (Fsp3) is 0.217. The highest BCUT2D eigenvalue weighted by atomic mass is 32.1. The number of aromatic carboxylic acids is 1. The van der Waals surface area contributed by atoms with Crippen LogP contribution in [0, 0.1) is 11.3 Å². The van der Waals surface area contributed by atoms with Crippen LogP contribution >= 0.6 is 12.6 Å². The third kappa shape index (κ3) is 4.29. The van der Waals surface area contributed by atoms with E-state index in [2.05, 4.69) is 50.7 Å². The molecule has 144 valence electrons. The van der Waals surface area contributed by atoms with E-state index < -0.39 is 5.97 Å². The van der Waals surface area contributed by atoms with Crippen molar-refractivity contribution in [3.8, 4) is 28.3 Å². The maximum Gasteiger partial charge on any atom is 0.353 e. The molecule has 0 saturated heterocycles. The molecule has 3 rings (SSSR count). The molecule has 4 nitrogen and oxygen atoms in total. The molecule has 0 radical (unpaired) electrons. The number of nitriles is 1. The monoisotopic (exact) mass is 392 g/mol. The number of aromatic nitrogens is 1. The molecule has 0 aliphatic carbocycles. The van der Waals surface area contributed by atoms with Crippen LogP contribution in [0.5, 0.6) is 0 Å². The first-order valence-electron chi connectivity index (χ1n) is 8.90. The van der Waals surface area contributed by atoms with Crippen molar-refractivity contribution < 1.29 is 9.90 Å². The molecule has 1 N–H and O–H groups in total. The summed E-state index contributed by atoms with van der Waals surface area (Å²) in [5.41, 5.74) is 5.12. The van der Waals surface area contributed by atoms with Gasteiger partial charge in [0.15, 0.2) is 0 Å². The average molecular weight is 393 g/mol. The molecule has 2 aromatic carbocycles. The lowest BCUT2D eigenvalue weighted by atomic mass is 9.95. The van der Waals surface area contributed by atoms with Gasteiger partial charge in [0.2, 0.25) is 0 Å². The number of aryl methyl sites for hydroxylation is 1. The Bertz CT molecular complexity index is 1010. The van der Waals surface area contributed by atoms with Crippen LogP contribution in [0.15, 0.2) is 54.7 Å². The average Bonchev–Trinajstić information content (AvgIpc) is 3.06. The van der Waals surface area contributed by atoms with E-state index in [1.807, 2.05) is 30.3 Å². The van der Waals surface area contributed by atoms with Crippen LogP contribution in [-0.4, -0.2) is 21.9 Å². The Kier molecular flexibility index (Phi) is 7.08. The lowest BCUT2D eigenvalue weighted by Crippen LogP contribution is -2.05. The first-order valence-corrected chi connectivity index (χ1v) is 9.80. The van der Waals surface area contributed by atoms with Crippen molar-refractivity contribution in [1.82, 2.24) is 4.57 Å². The van der Waals surface area contributed by atoms with Gasteiger partial charge in [0, 0.05) is 18.8 Å². The number of hydrogen-bond donors (Lipinski definition) is 2. The summed E-state index contributed by atoms with van der Waals surface area (Å²) in [7, 11) is 1.64. The normalized spacial score (nSPS) is 10.2. The molecule has 28 heavy (non-hydrogen) atoms. The van der Waals surface area contributed by atoms with Gasteiger partial charge in [0.25, 0.3) is 0 Å². The summed E-state index contributed by atoms with van der Waals surface area (Å²) in [5.74, 6) is -0.590. The molecule has 0 fully saturated rings. The van der Waals surface area contributed by atoms with Crippen molar-refractivity contribution in [3.63, 3.8) is 0 Å². The third-order valence-electron chi connectivity index (χ3n) is 4.56. The van der Waals surface area contributed by atoms with Gasteiger partial charge in [-0.1, -0.05) is 62.4 Å². The van der Waals surface area contributed by atoms with Crippen molar-refractivity contribution in [3.05, 3.63) is 71.5 Å². The first kappa shape index (κ1) is 21.3. The third-order valence-corrected chi connectivity index (χ3v) is 4.56. The lowest BCUT2D eigenvalue weighted by Gasteiger charge is -2.09. The predicted molar refractivity (Wildman–Crippen MR) is 117 cm³/mol. The van der Waals surface area contributed by atoms with E-state index in [1.165, 1.54) is 10.1 Å². The zero-order valence-corrected chi connectivity index (χ0v) is 17.4. The van der Waals surface area contributed by atoms with Crippen LogP contribution in [0.3, 0.4) is 0 Å². The number of hydrogen-bond acceptors (Lipinski definition) is 3. The predicted octanol–water partition coefficient (Wildman–Crippen LogP) is 5.60. The zero-order valence-electron chi connectivity index (χ0n) is 16.5. The summed E-state index contributed by atoms with van der Waals surface area (Å²) in [4.78, 5) is 11.6. The molecular weight excluding hydrogens is 368 g/mol. The Labute approximate surface area is 171 Å². The van der Waals surface area contributed by atoms with Gasteiger partial charge in [-0.15, -0.1) is 0 Å². The molecule has 3 aromatic rings. The summed E-state index contributed by atoms with van der Waals surface area (Å²) < 4.78 is 1.48. The van der Waals surface area contributed by atoms with Crippen LogP contribution in [0.4, 0.5) is 0 Å². The fourth-order valence-electron chi connectivity index (χ4n) is 3.17. The second-order valence-corrected chi connectivity index (χ2v) is 6.65. The van der Waals surface area contributed by atoms with Crippen LogP contribution in [0.2, 0.25) is 0 Å². The number of carboxylic acids is 1. The highest BCUT2D eigenvalue weighted by molar-refractivity contribution is 7.79. The van der Waals surface area contributed by atoms with Gasteiger partial charge in [-0.25, -0.2) is 4.79 Å². The van der Waals surface area contributed by atoms with E-state index >= 15 is 0 Å². The standard InChI is InChI=1S/C22H20N2O2.CH4S/c1-14(2)17-5-4-6-18(11-17)15-7-9-16(10-8-15)20-19(12-23)13-24(3)21(20)22(25)26;1-2/h4-11,13-14H,1-3H3,(H,25,26);2H,1H3. The quantitative estimate of drug-likeness (QED) is 0.568. The molecule has 0 saturated carbocycles. The van der Waals surface area contributed by atoms with Crippen molar-refractivity contribution in [2.75, 3.05) is 6.26 Å². The molecule has 0 bridgehead atoms. The Morgan fingerprint density at radius 1 is 1.07 bits per heavy atom. The molecule has 0 unspecified atom stereocenters. The SMILES string of the molecule is CC(C)c1cccc(-c2ccc(-c3c(C#N)cn(C)c3C(=O)O)cc2)c1.CS. The molecule has 5 heteroatoms. The van der Waals surface area contributed by atoms with Crippen molar-refractivity contribution >= 4 is 18.6 Å². The second kappa shape index (κ2) is 9.29. The minimum atomic E-state index is -1.04. The minimum absolute atomic E-state index is 0.121. The molecule has 1 aromatic heterocycles. The number of thiol groups is 1. The molecule has 0 aliphatic heterocycles. The smallest absolute Gasteiger partial charge is 0.353 e. The summed E-state index contributed by atoms with van der Waals surface area (Å²) in [5, 5.41) is 18.9. The molecule has 0 spiro atoms. The number of nitrogens with zero attached hydrogens (tertiary/aromatic N) is 2. The maximum atomic E-state index is 11.6. The minimum Gasteiger partial charge on any atom is -0.477 e. The van der Waals surface area contributed by atoms with E-state index in [0.29, 0.717) is 17.0 Å². The van der Waals surface area contributed by atoms with Crippen molar-refractivity contribution in [2.45, 2.75) is 19.8 Å². The first-order chi connectivity index (χ1) is 13.4. The number of benzene rings is 2.